The molecule has 0 aliphatic heterocycles. The first-order chi connectivity index (χ1) is 15.3. The second-order valence-corrected chi connectivity index (χ2v) is 8.56. The molecule has 32 heavy (non-hydrogen) atoms. The van der Waals surface area contributed by atoms with Gasteiger partial charge in [-0.3, -0.25) is 19.2 Å². The summed E-state index contributed by atoms with van der Waals surface area (Å²) >= 11 is 0. The van der Waals surface area contributed by atoms with Crippen LogP contribution in [0.25, 0.3) is 6.08 Å². The third-order valence-corrected chi connectivity index (χ3v) is 6.49. The number of hydrogen-bond donors (Lipinski definition) is 1. The van der Waals surface area contributed by atoms with Gasteiger partial charge in [-0.05, 0) is 67.1 Å². The zero-order valence-electron chi connectivity index (χ0n) is 17.2. The number of sulfonamides is 1. The van der Waals surface area contributed by atoms with Crippen LogP contribution in [-0.4, -0.2) is 25.8 Å². The number of benzene rings is 3. The van der Waals surface area contributed by atoms with Crippen LogP contribution in [0.5, 0.6) is 0 Å². The highest BCUT2D eigenvalue weighted by Crippen LogP contribution is 2.24. The van der Waals surface area contributed by atoms with Crippen molar-refractivity contribution in [1.82, 2.24) is 0 Å². The van der Waals surface area contributed by atoms with Gasteiger partial charge in [0.1, 0.15) is 0 Å². The van der Waals surface area contributed by atoms with Gasteiger partial charge in [-0.1, -0.05) is 18.2 Å². The molecule has 0 fully saturated rings. The molecular formula is C23H21N3O5S. The van der Waals surface area contributed by atoms with E-state index in [1.54, 1.807) is 31.2 Å². The van der Waals surface area contributed by atoms with Gasteiger partial charge in [0.05, 0.1) is 15.5 Å². The number of non-ortho nitro benzene ring substituents is 1. The highest BCUT2D eigenvalue weighted by Gasteiger charge is 2.23. The summed E-state index contributed by atoms with van der Waals surface area (Å²) in [6.07, 6.45) is 2.82. The molecule has 0 heterocycles. The lowest BCUT2D eigenvalue weighted by Gasteiger charge is -2.23. The third kappa shape index (κ3) is 5.38. The molecular weight excluding hydrogens is 430 g/mol. The van der Waals surface area contributed by atoms with Crippen molar-refractivity contribution >= 4 is 39.1 Å². The van der Waals surface area contributed by atoms with Gasteiger partial charge >= 0.3 is 0 Å². The molecule has 3 rings (SSSR count). The molecule has 0 radical (unpaired) electrons. The summed E-state index contributed by atoms with van der Waals surface area (Å²) in [6, 6.07) is 20.5. The fraction of sp³-hybridized carbons (Fsp3) is 0.0870. The fourth-order valence-corrected chi connectivity index (χ4v) is 4.46. The minimum absolute atomic E-state index is 0.0319. The second kappa shape index (κ2) is 9.88. The summed E-state index contributed by atoms with van der Waals surface area (Å²) in [4.78, 5) is 22.4. The van der Waals surface area contributed by atoms with E-state index in [1.807, 2.05) is 6.07 Å². The average molecular weight is 452 g/mol. The van der Waals surface area contributed by atoms with Crippen LogP contribution in [0.1, 0.15) is 12.5 Å². The van der Waals surface area contributed by atoms with Gasteiger partial charge in [0.25, 0.3) is 15.7 Å². The van der Waals surface area contributed by atoms with Gasteiger partial charge in [0.2, 0.25) is 5.91 Å². The van der Waals surface area contributed by atoms with Crippen LogP contribution in [0.2, 0.25) is 0 Å². The minimum atomic E-state index is -3.75. The Labute approximate surface area is 186 Å². The number of carbonyl (C=O) groups excluding carboxylic acids is 1. The lowest BCUT2D eigenvalue weighted by Crippen LogP contribution is -2.30. The maximum atomic E-state index is 13.0. The smallest absolute Gasteiger partial charge is 0.269 e. The van der Waals surface area contributed by atoms with Gasteiger partial charge in [-0.2, -0.15) is 0 Å². The SMILES string of the molecule is CCN(c1ccccc1)S(=O)(=O)c1ccc(NC(=O)/C=C/c2ccc([N+](=O)[O-])cc2)cc1. The monoisotopic (exact) mass is 451 g/mol. The second-order valence-electron chi connectivity index (χ2n) is 6.70. The first-order valence-electron chi connectivity index (χ1n) is 9.72. The van der Waals surface area contributed by atoms with E-state index in [9.17, 15) is 23.3 Å². The Morgan fingerprint density at radius 1 is 1.00 bits per heavy atom. The highest BCUT2D eigenvalue weighted by molar-refractivity contribution is 7.92. The van der Waals surface area contributed by atoms with E-state index in [4.69, 9.17) is 0 Å². The molecule has 0 unspecified atom stereocenters. The van der Waals surface area contributed by atoms with Crippen molar-refractivity contribution in [2.75, 3.05) is 16.2 Å². The van der Waals surface area contributed by atoms with Crippen molar-refractivity contribution in [3.05, 3.63) is 101 Å². The maximum Gasteiger partial charge on any atom is 0.269 e. The Bertz CT molecular complexity index is 1220. The molecule has 0 aromatic heterocycles. The third-order valence-electron chi connectivity index (χ3n) is 4.57. The quantitative estimate of drug-likeness (QED) is 0.309. The number of nitro groups is 1. The standard InChI is InChI=1S/C23H21N3O5S/c1-2-25(20-6-4-3-5-7-20)32(30,31)22-15-11-19(12-16-22)24-23(27)17-10-18-8-13-21(14-9-18)26(28)29/h3-17H,2H2,1H3,(H,24,27)/b17-10+. The fourth-order valence-electron chi connectivity index (χ4n) is 2.99. The molecule has 9 heteroatoms. The molecule has 3 aromatic carbocycles. The zero-order chi connectivity index (χ0) is 23.1. The number of carbonyl (C=O) groups is 1. The number of hydrogen-bond acceptors (Lipinski definition) is 5. The average Bonchev–Trinajstić information content (AvgIpc) is 2.79. The molecule has 164 valence electrons. The molecule has 8 nitrogen and oxygen atoms in total. The Balaban J connectivity index is 1.68. The van der Waals surface area contributed by atoms with Crippen LogP contribution in [0.4, 0.5) is 17.1 Å². The number of nitrogens with zero attached hydrogens (tertiary/aromatic N) is 2. The first-order valence-corrected chi connectivity index (χ1v) is 11.2. The van der Waals surface area contributed by atoms with Gasteiger partial charge < -0.3 is 5.32 Å². The summed E-state index contributed by atoms with van der Waals surface area (Å²) in [7, 11) is -3.75. The summed E-state index contributed by atoms with van der Waals surface area (Å²) in [5, 5.41) is 13.3. The molecule has 0 spiro atoms. The van der Waals surface area contributed by atoms with Crippen molar-refractivity contribution in [2.45, 2.75) is 11.8 Å². The van der Waals surface area contributed by atoms with Gasteiger partial charge in [0, 0.05) is 30.4 Å². The number of nitrogens with one attached hydrogen (secondary N) is 1. The van der Waals surface area contributed by atoms with Crippen LogP contribution in [0.15, 0.2) is 89.8 Å². The van der Waals surface area contributed by atoms with E-state index in [0.29, 0.717) is 16.9 Å². The Hall–Kier alpha value is -3.98. The van der Waals surface area contributed by atoms with Gasteiger partial charge in [0.15, 0.2) is 0 Å². The zero-order valence-corrected chi connectivity index (χ0v) is 18.0. The predicted octanol–water partition coefficient (Wildman–Crippen LogP) is 4.46. The van der Waals surface area contributed by atoms with Gasteiger partial charge in [-0.15, -0.1) is 0 Å². The Morgan fingerprint density at radius 2 is 1.62 bits per heavy atom. The van der Waals surface area contributed by atoms with Crippen molar-refractivity contribution < 1.29 is 18.1 Å². The van der Waals surface area contributed by atoms with Crippen LogP contribution in [-0.2, 0) is 14.8 Å². The van der Waals surface area contributed by atoms with Crippen molar-refractivity contribution in [2.24, 2.45) is 0 Å². The van der Waals surface area contributed by atoms with Crippen molar-refractivity contribution in [1.29, 1.82) is 0 Å². The Kier molecular flexibility index (Phi) is 7.01. The molecule has 0 saturated carbocycles. The Morgan fingerprint density at radius 3 is 2.19 bits per heavy atom. The minimum Gasteiger partial charge on any atom is -0.323 e. The summed E-state index contributed by atoms with van der Waals surface area (Å²) in [6.45, 7) is 2.04. The van der Waals surface area contributed by atoms with E-state index < -0.39 is 20.9 Å². The van der Waals surface area contributed by atoms with Crippen LogP contribution >= 0.6 is 0 Å². The van der Waals surface area contributed by atoms with Crippen LogP contribution in [0.3, 0.4) is 0 Å². The molecule has 1 amide bonds. The summed E-state index contributed by atoms with van der Waals surface area (Å²) in [5.41, 5.74) is 1.61. The van der Waals surface area contributed by atoms with E-state index in [0.717, 1.165) is 0 Å². The molecule has 0 aliphatic carbocycles. The largest absolute Gasteiger partial charge is 0.323 e. The lowest BCUT2D eigenvalue weighted by molar-refractivity contribution is -0.384. The highest BCUT2D eigenvalue weighted by atomic mass is 32.2. The van der Waals surface area contributed by atoms with E-state index in [2.05, 4.69) is 5.32 Å². The molecule has 3 aromatic rings. The normalized spacial score (nSPS) is 11.3. The molecule has 0 aliphatic rings. The van der Waals surface area contributed by atoms with E-state index in [-0.39, 0.29) is 17.1 Å². The van der Waals surface area contributed by atoms with Crippen LogP contribution < -0.4 is 9.62 Å². The maximum absolute atomic E-state index is 13.0. The van der Waals surface area contributed by atoms with E-state index in [1.165, 1.54) is 65.0 Å². The van der Waals surface area contributed by atoms with Gasteiger partial charge in [-0.25, -0.2) is 8.42 Å². The molecule has 0 saturated heterocycles. The number of anilines is 2. The summed E-state index contributed by atoms with van der Waals surface area (Å²) < 4.78 is 27.3. The number of nitro benzene ring substituents is 1. The topological polar surface area (TPSA) is 110 Å². The predicted molar refractivity (Wildman–Crippen MR) is 124 cm³/mol. The number of rotatable bonds is 8. The number of para-hydroxylation sites is 1. The molecule has 0 bridgehead atoms. The van der Waals surface area contributed by atoms with Crippen molar-refractivity contribution in [3.8, 4) is 0 Å². The molecule has 0 atom stereocenters. The summed E-state index contributed by atoms with van der Waals surface area (Å²) in [5.74, 6) is -0.418. The lowest BCUT2D eigenvalue weighted by atomic mass is 10.2. The number of amides is 1. The van der Waals surface area contributed by atoms with E-state index >= 15 is 0 Å². The van der Waals surface area contributed by atoms with Crippen molar-refractivity contribution in [3.63, 3.8) is 0 Å². The molecule has 1 N–H and O–H groups in total. The van der Waals surface area contributed by atoms with Crippen LogP contribution in [0, 0.1) is 10.1 Å². The first kappa shape index (κ1) is 22.7.